The molecule has 0 fully saturated rings. The number of hydrogen-bond acceptors (Lipinski definition) is 4. The lowest BCUT2D eigenvalue weighted by Crippen LogP contribution is -2.39. The van der Waals surface area contributed by atoms with Crippen molar-refractivity contribution in [3.63, 3.8) is 0 Å². The molecule has 0 bridgehead atoms. The smallest absolute Gasteiger partial charge is 0.415 e. The highest BCUT2D eigenvalue weighted by molar-refractivity contribution is 5.43. The number of ether oxygens (including phenoxy) is 2. The molecule has 1 N–H and O–H groups in total. The number of rotatable bonds is 4. The van der Waals surface area contributed by atoms with Crippen LogP contribution in [0.3, 0.4) is 0 Å². The van der Waals surface area contributed by atoms with Crippen molar-refractivity contribution < 1.29 is 27.8 Å². The Morgan fingerprint density at radius 1 is 1.25 bits per heavy atom. The quantitative estimate of drug-likeness (QED) is 0.918. The molecule has 0 aromatic heterocycles. The van der Waals surface area contributed by atoms with Gasteiger partial charge < -0.3 is 14.6 Å². The van der Waals surface area contributed by atoms with Crippen molar-refractivity contribution in [3.8, 4) is 11.5 Å². The molecule has 0 amide bonds. The van der Waals surface area contributed by atoms with Crippen LogP contribution in [0, 0.1) is 0 Å². The van der Waals surface area contributed by atoms with Gasteiger partial charge in [0, 0.05) is 13.1 Å². The fraction of sp³-hybridized carbons (Fsp3) is 0.538. The predicted octanol–water partition coefficient (Wildman–Crippen LogP) is 1.81. The molecule has 0 saturated carbocycles. The van der Waals surface area contributed by atoms with Crippen molar-refractivity contribution in [1.82, 2.24) is 4.90 Å². The maximum absolute atomic E-state index is 12.3. The first-order valence-electron chi connectivity index (χ1n) is 6.18. The second-order valence-corrected chi connectivity index (χ2v) is 4.73. The molecule has 0 saturated heterocycles. The minimum Gasteiger partial charge on any atom is -0.486 e. The molecule has 4 nitrogen and oxygen atoms in total. The molecule has 7 heteroatoms. The summed E-state index contributed by atoms with van der Waals surface area (Å²) in [7, 11) is 1.52. The zero-order valence-electron chi connectivity index (χ0n) is 11.0. The van der Waals surface area contributed by atoms with Crippen LogP contribution < -0.4 is 9.47 Å². The second-order valence-electron chi connectivity index (χ2n) is 4.73. The fourth-order valence-electron chi connectivity index (χ4n) is 1.96. The van der Waals surface area contributed by atoms with Crippen LogP contribution in [-0.2, 0) is 6.54 Å². The van der Waals surface area contributed by atoms with Crippen molar-refractivity contribution in [2.75, 3.05) is 26.8 Å². The highest BCUT2D eigenvalue weighted by atomic mass is 19.4. The number of fused-ring (bicyclic) bond motifs is 1. The Balaban J connectivity index is 1.96. The van der Waals surface area contributed by atoms with Gasteiger partial charge in [0.25, 0.3) is 0 Å². The zero-order chi connectivity index (χ0) is 14.8. The fourth-order valence-corrected chi connectivity index (χ4v) is 1.96. The van der Waals surface area contributed by atoms with Gasteiger partial charge in [0.15, 0.2) is 17.6 Å². The van der Waals surface area contributed by atoms with E-state index in [0.29, 0.717) is 24.7 Å². The molecule has 0 aliphatic carbocycles. The van der Waals surface area contributed by atoms with E-state index in [2.05, 4.69) is 0 Å². The van der Waals surface area contributed by atoms with Gasteiger partial charge in [-0.2, -0.15) is 13.2 Å². The summed E-state index contributed by atoms with van der Waals surface area (Å²) in [5.74, 6) is 1.23. The number of hydrogen-bond donors (Lipinski definition) is 1. The summed E-state index contributed by atoms with van der Waals surface area (Å²) in [5, 5.41) is 9.01. The topological polar surface area (TPSA) is 41.9 Å². The summed E-state index contributed by atoms with van der Waals surface area (Å²) in [4.78, 5) is 1.41. The molecule has 1 heterocycles. The molecule has 112 valence electrons. The van der Waals surface area contributed by atoms with Crippen LogP contribution >= 0.6 is 0 Å². The van der Waals surface area contributed by atoms with E-state index in [1.807, 2.05) is 0 Å². The van der Waals surface area contributed by atoms with Gasteiger partial charge in [0.2, 0.25) is 0 Å². The van der Waals surface area contributed by atoms with Gasteiger partial charge in [-0.3, -0.25) is 4.90 Å². The number of alkyl halides is 3. The molecular weight excluding hydrogens is 275 g/mol. The molecule has 20 heavy (non-hydrogen) atoms. The van der Waals surface area contributed by atoms with E-state index in [9.17, 15) is 13.2 Å². The Bertz CT molecular complexity index is 465. The number of benzene rings is 1. The highest BCUT2D eigenvalue weighted by Crippen LogP contribution is 2.31. The number of likely N-dealkylation sites (N-methyl/N-ethyl adjacent to an activating group) is 1. The maximum atomic E-state index is 12.3. The van der Waals surface area contributed by atoms with E-state index in [1.54, 1.807) is 18.2 Å². The standard InChI is InChI=1S/C13H16F3NO3/c1-17(8-12(18)13(14,15)16)7-9-2-3-10-11(6-9)20-5-4-19-10/h2-3,6,12,18H,4-5,7-8H2,1H3. The van der Waals surface area contributed by atoms with Gasteiger partial charge in [0.05, 0.1) is 0 Å². The van der Waals surface area contributed by atoms with Gasteiger partial charge in [-0.25, -0.2) is 0 Å². The third-order valence-electron chi connectivity index (χ3n) is 2.92. The Kier molecular flexibility index (Phi) is 4.39. The zero-order valence-corrected chi connectivity index (χ0v) is 11.0. The van der Waals surface area contributed by atoms with Crippen molar-refractivity contribution in [1.29, 1.82) is 0 Å². The number of halogens is 3. The van der Waals surface area contributed by atoms with Crippen LogP contribution in [0.15, 0.2) is 18.2 Å². The van der Waals surface area contributed by atoms with Crippen molar-refractivity contribution in [3.05, 3.63) is 23.8 Å². The lowest BCUT2D eigenvalue weighted by atomic mass is 10.1. The Morgan fingerprint density at radius 3 is 2.55 bits per heavy atom. The summed E-state index contributed by atoms with van der Waals surface area (Å²) in [6.45, 7) is 0.755. The number of aliphatic hydroxyl groups excluding tert-OH is 1. The maximum Gasteiger partial charge on any atom is 0.415 e. The Morgan fingerprint density at radius 2 is 1.90 bits per heavy atom. The van der Waals surface area contributed by atoms with Crippen LogP contribution in [-0.4, -0.2) is 49.1 Å². The average Bonchev–Trinajstić information content (AvgIpc) is 2.37. The van der Waals surface area contributed by atoms with Gasteiger partial charge in [-0.05, 0) is 24.7 Å². The third kappa shape index (κ3) is 3.77. The first kappa shape index (κ1) is 14.9. The molecule has 2 rings (SSSR count). The normalized spacial score (nSPS) is 16.3. The molecular formula is C13H16F3NO3. The monoisotopic (exact) mass is 291 g/mol. The minimum atomic E-state index is -4.60. The van der Waals surface area contributed by atoms with Crippen molar-refractivity contribution in [2.45, 2.75) is 18.8 Å². The second kappa shape index (κ2) is 5.88. The Labute approximate surface area is 114 Å². The lowest BCUT2D eigenvalue weighted by Gasteiger charge is -2.23. The SMILES string of the molecule is CN(Cc1ccc2c(c1)OCCO2)CC(O)C(F)(F)F. The van der Waals surface area contributed by atoms with E-state index in [1.165, 1.54) is 11.9 Å². The summed E-state index contributed by atoms with van der Waals surface area (Å²) in [6.07, 6.45) is -6.94. The van der Waals surface area contributed by atoms with Gasteiger partial charge in [-0.15, -0.1) is 0 Å². The van der Waals surface area contributed by atoms with Gasteiger partial charge >= 0.3 is 6.18 Å². The predicted molar refractivity (Wildman–Crippen MR) is 65.8 cm³/mol. The van der Waals surface area contributed by atoms with E-state index in [4.69, 9.17) is 14.6 Å². The summed E-state index contributed by atoms with van der Waals surface area (Å²) in [5.41, 5.74) is 0.797. The van der Waals surface area contributed by atoms with Crippen LogP contribution in [0.2, 0.25) is 0 Å². The lowest BCUT2D eigenvalue weighted by molar-refractivity contribution is -0.207. The van der Waals surface area contributed by atoms with Crippen LogP contribution in [0.5, 0.6) is 11.5 Å². The summed E-state index contributed by atoms with van der Waals surface area (Å²) < 4.78 is 47.6. The third-order valence-corrected chi connectivity index (χ3v) is 2.92. The molecule has 1 aromatic carbocycles. The average molecular weight is 291 g/mol. The molecule has 1 aliphatic heterocycles. The summed E-state index contributed by atoms with van der Waals surface area (Å²) >= 11 is 0. The first-order valence-corrected chi connectivity index (χ1v) is 6.18. The van der Waals surface area contributed by atoms with Crippen LogP contribution in [0.25, 0.3) is 0 Å². The van der Waals surface area contributed by atoms with E-state index in [0.717, 1.165) is 5.56 Å². The van der Waals surface area contributed by atoms with Crippen molar-refractivity contribution in [2.24, 2.45) is 0 Å². The Hall–Kier alpha value is -1.47. The van der Waals surface area contributed by atoms with Gasteiger partial charge in [-0.1, -0.05) is 6.07 Å². The highest BCUT2D eigenvalue weighted by Gasteiger charge is 2.38. The van der Waals surface area contributed by atoms with Crippen LogP contribution in [0.1, 0.15) is 5.56 Å². The first-order chi connectivity index (χ1) is 9.36. The molecule has 1 atom stereocenters. The molecule has 1 unspecified atom stereocenters. The van der Waals surface area contributed by atoms with Crippen LogP contribution in [0.4, 0.5) is 13.2 Å². The number of aliphatic hydroxyl groups is 1. The molecule has 1 aliphatic rings. The summed E-state index contributed by atoms with van der Waals surface area (Å²) in [6, 6.07) is 5.24. The number of nitrogens with zero attached hydrogens (tertiary/aromatic N) is 1. The molecule has 1 aromatic rings. The molecule has 0 spiro atoms. The largest absolute Gasteiger partial charge is 0.486 e. The molecule has 0 radical (unpaired) electrons. The van der Waals surface area contributed by atoms with E-state index < -0.39 is 18.8 Å². The van der Waals surface area contributed by atoms with Crippen molar-refractivity contribution >= 4 is 0 Å². The van der Waals surface area contributed by atoms with E-state index in [-0.39, 0.29) is 6.54 Å². The minimum absolute atomic E-state index is 0.282. The van der Waals surface area contributed by atoms with Gasteiger partial charge in [0.1, 0.15) is 13.2 Å². The van der Waals surface area contributed by atoms with E-state index >= 15 is 0 Å².